The van der Waals surface area contributed by atoms with E-state index in [-0.39, 0.29) is 0 Å². The Morgan fingerprint density at radius 1 is 0.338 bits per heavy atom. The van der Waals surface area contributed by atoms with Crippen molar-refractivity contribution >= 4 is 71.6 Å². The van der Waals surface area contributed by atoms with Crippen LogP contribution < -0.4 is 4.90 Å². The maximum Gasteiger partial charge on any atom is 0.135 e. The van der Waals surface area contributed by atoms with E-state index >= 15 is 0 Å². The third kappa shape index (κ3) is 4.97. The molecule has 0 saturated carbocycles. The highest BCUT2D eigenvalue weighted by molar-refractivity contribution is 6.13. The van der Waals surface area contributed by atoms with Crippen LogP contribution in [0.4, 0.5) is 17.1 Å². The molecule has 3 nitrogen and oxygen atoms in total. The van der Waals surface area contributed by atoms with E-state index in [1.165, 1.54) is 88.3 Å². The van der Waals surface area contributed by atoms with Crippen molar-refractivity contribution in [3.05, 3.63) is 265 Å². The van der Waals surface area contributed by atoms with Crippen LogP contribution in [0.15, 0.2) is 247 Å². The summed E-state index contributed by atoms with van der Waals surface area (Å²) in [6.45, 7) is 0. The molecule has 0 saturated heterocycles. The van der Waals surface area contributed by atoms with Gasteiger partial charge in [0, 0.05) is 38.5 Å². The number of benzene rings is 11. The number of fused-ring (bicyclic) bond motifs is 16. The van der Waals surface area contributed by atoms with Gasteiger partial charge >= 0.3 is 0 Å². The van der Waals surface area contributed by atoms with Gasteiger partial charge in [-0.15, -0.1) is 0 Å². The minimum absolute atomic E-state index is 0.598. The Hall–Kier alpha value is -8.92. The maximum absolute atomic E-state index is 6.45. The highest BCUT2D eigenvalue weighted by Gasteiger charge is 2.51. The Bertz CT molecular complexity index is 4240. The first-order valence-corrected chi connectivity index (χ1v) is 23.5. The van der Waals surface area contributed by atoms with Crippen molar-refractivity contribution < 1.29 is 4.42 Å². The van der Waals surface area contributed by atoms with E-state index in [4.69, 9.17) is 4.42 Å². The average Bonchev–Trinajstić information content (AvgIpc) is 4.05. The number of nitrogens with zero attached hydrogens (tertiary/aromatic N) is 2. The van der Waals surface area contributed by atoms with Gasteiger partial charge in [-0.3, -0.25) is 0 Å². The average molecular weight is 865 g/mol. The molecule has 68 heavy (non-hydrogen) atoms. The van der Waals surface area contributed by atoms with Gasteiger partial charge in [0.25, 0.3) is 0 Å². The van der Waals surface area contributed by atoms with Gasteiger partial charge in [-0.1, -0.05) is 188 Å². The summed E-state index contributed by atoms with van der Waals surface area (Å²) in [6.07, 6.45) is 0. The summed E-state index contributed by atoms with van der Waals surface area (Å²) in [6, 6.07) is 89.6. The molecule has 316 valence electrons. The second-order valence-electron chi connectivity index (χ2n) is 18.3. The summed E-state index contributed by atoms with van der Waals surface area (Å²) in [5.41, 5.74) is 20.5. The number of anilines is 3. The topological polar surface area (TPSA) is 21.3 Å². The highest BCUT2D eigenvalue weighted by Crippen LogP contribution is 2.62. The van der Waals surface area contributed by atoms with Crippen LogP contribution in [0.1, 0.15) is 22.3 Å². The molecule has 1 aliphatic carbocycles. The zero-order valence-electron chi connectivity index (χ0n) is 36.9. The number of rotatable bonds is 5. The van der Waals surface area contributed by atoms with Crippen molar-refractivity contribution in [2.45, 2.75) is 5.41 Å². The Morgan fingerprint density at radius 3 is 1.81 bits per heavy atom. The molecule has 13 aromatic rings. The smallest absolute Gasteiger partial charge is 0.135 e. The van der Waals surface area contributed by atoms with E-state index in [0.29, 0.717) is 0 Å². The van der Waals surface area contributed by atoms with Gasteiger partial charge in [-0.2, -0.15) is 0 Å². The summed E-state index contributed by atoms with van der Waals surface area (Å²) in [5.74, 6) is 0. The maximum atomic E-state index is 6.45. The molecule has 1 aliphatic heterocycles. The summed E-state index contributed by atoms with van der Waals surface area (Å²) in [7, 11) is 0. The predicted octanol–water partition coefficient (Wildman–Crippen LogP) is 17.3. The monoisotopic (exact) mass is 864 g/mol. The number of furan rings is 1. The molecule has 0 amide bonds. The lowest BCUT2D eigenvalue weighted by atomic mass is 9.65. The molecule has 15 rings (SSSR count). The fourth-order valence-corrected chi connectivity index (χ4v) is 12.3. The normalized spacial score (nSPS) is 14.5. The van der Waals surface area contributed by atoms with Crippen molar-refractivity contribution in [2.75, 3.05) is 4.90 Å². The largest absolute Gasteiger partial charge is 0.456 e. The fourth-order valence-electron chi connectivity index (χ4n) is 12.3. The van der Waals surface area contributed by atoms with Crippen molar-refractivity contribution in [3.63, 3.8) is 0 Å². The summed E-state index contributed by atoms with van der Waals surface area (Å²) >= 11 is 0. The predicted molar refractivity (Wildman–Crippen MR) is 282 cm³/mol. The van der Waals surface area contributed by atoms with Crippen LogP contribution in [0.5, 0.6) is 0 Å². The lowest BCUT2D eigenvalue weighted by Gasteiger charge is -2.40. The molecular weight excluding hydrogens is 825 g/mol. The highest BCUT2D eigenvalue weighted by atomic mass is 16.3. The molecule has 2 aliphatic rings. The zero-order valence-corrected chi connectivity index (χ0v) is 36.9. The second-order valence-corrected chi connectivity index (χ2v) is 18.3. The van der Waals surface area contributed by atoms with Crippen molar-refractivity contribution in [1.29, 1.82) is 0 Å². The number of para-hydroxylation sites is 5. The van der Waals surface area contributed by atoms with Crippen molar-refractivity contribution in [3.8, 4) is 39.1 Å². The molecule has 0 bridgehead atoms. The van der Waals surface area contributed by atoms with Gasteiger partial charge in [0.2, 0.25) is 0 Å². The molecular formula is C65H40N2O. The summed E-state index contributed by atoms with van der Waals surface area (Å²) in [4.78, 5) is 2.49. The molecule has 0 radical (unpaired) electrons. The SMILES string of the molecule is c1ccc(-c2cccc3ccccc23)c(-c2ccccc2N(c2ccc3c(c2)C2(c4ccccc4-3)c3ccccc3-n3c4ccccc4c4cccc2c43)c2ccc3oc4ccccc4c3c2)c1. The molecule has 0 fully saturated rings. The first-order valence-electron chi connectivity index (χ1n) is 23.5. The van der Waals surface area contributed by atoms with Crippen LogP contribution in [-0.4, -0.2) is 4.57 Å². The van der Waals surface area contributed by atoms with Gasteiger partial charge in [0.15, 0.2) is 0 Å². The second kappa shape index (κ2) is 14.0. The quantitative estimate of drug-likeness (QED) is 0.172. The standard InChI is InChI=1S/C65H40N2O/c1-2-19-44-41(17-1)18-15-26-45(44)46-20-3-4-21-47(46)50-23-6-11-31-59(50)66(42-36-38-63-54(39-42)52-25-8-14-34-62(52)68-63)43-35-37-49-48-22-5-9-28-55(48)65(58(49)40-43)56-29-10-13-33-61(56)67-60-32-12-7-24-51(60)53-27-16-30-57(65)64(53)67/h1-40H. The van der Waals surface area contributed by atoms with Gasteiger partial charge in [0.1, 0.15) is 11.2 Å². The Labute approximate surface area is 393 Å². The summed E-state index contributed by atoms with van der Waals surface area (Å²) < 4.78 is 8.97. The van der Waals surface area contributed by atoms with E-state index in [1.807, 2.05) is 6.07 Å². The van der Waals surface area contributed by atoms with Crippen LogP contribution in [0.25, 0.3) is 93.6 Å². The number of hydrogen-bond acceptors (Lipinski definition) is 2. The van der Waals surface area contributed by atoms with E-state index in [9.17, 15) is 0 Å². The van der Waals surface area contributed by atoms with Gasteiger partial charge in [-0.25, -0.2) is 0 Å². The van der Waals surface area contributed by atoms with E-state index in [1.54, 1.807) is 0 Å². The van der Waals surface area contributed by atoms with Crippen LogP contribution in [0, 0.1) is 0 Å². The molecule has 3 heteroatoms. The Kier molecular flexibility index (Phi) is 7.71. The van der Waals surface area contributed by atoms with Gasteiger partial charge < -0.3 is 13.9 Å². The van der Waals surface area contributed by atoms with E-state index in [2.05, 4.69) is 246 Å². The minimum Gasteiger partial charge on any atom is -0.456 e. The van der Waals surface area contributed by atoms with Crippen molar-refractivity contribution in [1.82, 2.24) is 4.57 Å². The van der Waals surface area contributed by atoms with Crippen molar-refractivity contribution in [2.24, 2.45) is 0 Å². The van der Waals surface area contributed by atoms with Gasteiger partial charge in [0.05, 0.1) is 27.8 Å². The summed E-state index contributed by atoms with van der Waals surface area (Å²) in [5, 5.41) is 7.19. The third-order valence-electron chi connectivity index (χ3n) is 15.0. The van der Waals surface area contributed by atoms with E-state index < -0.39 is 5.41 Å². The molecule has 3 heterocycles. The van der Waals surface area contributed by atoms with Crippen LogP contribution in [-0.2, 0) is 5.41 Å². The third-order valence-corrected chi connectivity index (χ3v) is 15.0. The Balaban J connectivity index is 1.03. The van der Waals surface area contributed by atoms with Crippen LogP contribution in [0.3, 0.4) is 0 Å². The molecule has 1 unspecified atom stereocenters. The first-order chi connectivity index (χ1) is 33.8. The van der Waals surface area contributed by atoms with Crippen LogP contribution >= 0.6 is 0 Å². The Morgan fingerprint density at radius 2 is 0.912 bits per heavy atom. The van der Waals surface area contributed by atoms with Gasteiger partial charge in [-0.05, 0) is 115 Å². The minimum atomic E-state index is -0.598. The molecule has 0 N–H and O–H groups in total. The lowest BCUT2D eigenvalue weighted by molar-refractivity contribution is 0.669. The molecule has 11 aromatic carbocycles. The fraction of sp³-hybridized carbons (Fsp3) is 0.0154. The number of hydrogen-bond donors (Lipinski definition) is 0. The zero-order chi connectivity index (χ0) is 44.5. The first kappa shape index (κ1) is 37.3. The van der Waals surface area contributed by atoms with E-state index in [0.717, 1.165) is 44.6 Å². The molecule has 1 spiro atoms. The molecule has 1 atom stereocenters. The van der Waals surface area contributed by atoms with Crippen LogP contribution in [0.2, 0.25) is 0 Å². The number of aromatic nitrogens is 1. The molecule has 2 aromatic heterocycles. The lowest BCUT2D eigenvalue weighted by Crippen LogP contribution is -2.33.